The van der Waals surface area contributed by atoms with Crippen molar-refractivity contribution in [1.82, 2.24) is 4.98 Å². The van der Waals surface area contributed by atoms with E-state index in [1.807, 2.05) is 0 Å². The summed E-state index contributed by atoms with van der Waals surface area (Å²) >= 11 is 5.73. The van der Waals surface area contributed by atoms with Crippen molar-refractivity contribution in [3.63, 3.8) is 0 Å². The zero-order valence-corrected chi connectivity index (χ0v) is 8.46. The molecular formula is C9H8ClNO3. The lowest BCUT2D eigenvalue weighted by Crippen LogP contribution is -2.04. The molecule has 1 heterocycles. The minimum absolute atomic E-state index is 0.0177. The normalized spacial score (nSPS) is 9.64. The monoisotopic (exact) mass is 213 g/mol. The lowest BCUT2D eigenvalue weighted by atomic mass is 10.2. The minimum atomic E-state index is -0.505. The van der Waals surface area contributed by atoms with Crippen molar-refractivity contribution in [2.24, 2.45) is 0 Å². The van der Waals surface area contributed by atoms with Crippen molar-refractivity contribution in [3.8, 4) is 5.88 Å². The molecule has 0 radical (unpaired) electrons. The molecule has 0 N–H and O–H groups in total. The van der Waals surface area contributed by atoms with E-state index in [4.69, 9.17) is 11.6 Å². The van der Waals surface area contributed by atoms with Crippen LogP contribution in [0.1, 0.15) is 24.2 Å². The molecule has 0 atom stereocenters. The molecule has 14 heavy (non-hydrogen) atoms. The van der Waals surface area contributed by atoms with Gasteiger partial charge in [0.15, 0.2) is 5.78 Å². The van der Waals surface area contributed by atoms with Gasteiger partial charge in [-0.25, -0.2) is 4.98 Å². The van der Waals surface area contributed by atoms with Crippen LogP contribution < -0.4 is 4.74 Å². The molecule has 0 fully saturated rings. The number of esters is 1. The second-order valence-electron chi connectivity index (χ2n) is 2.66. The van der Waals surface area contributed by atoms with E-state index in [-0.39, 0.29) is 16.7 Å². The highest BCUT2D eigenvalue weighted by Gasteiger charge is 2.08. The number of rotatable bonds is 2. The van der Waals surface area contributed by atoms with Crippen LogP contribution in [0.15, 0.2) is 12.3 Å². The van der Waals surface area contributed by atoms with E-state index in [0.29, 0.717) is 5.56 Å². The first-order valence-electron chi connectivity index (χ1n) is 3.85. The molecule has 1 aromatic heterocycles. The summed E-state index contributed by atoms with van der Waals surface area (Å²) in [6, 6.07) is 1.41. The van der Waals surface area contributed by atoms with E-state index in [1.165, 1.54) is 26.1 Å². The van der Waals surface area contributed by atoms with Crippen molar-refractivity contribution in [3.05, 3.63) is 22.8 Å². The average Bonchev–Trinajstić information content (AvgIpc) is 2.07. The number of hydrogen-bond donors (Lipinski definition) is 0. The summed E-state index contributed by atoms with van der Waals surface area (Å²) in [6.45, 7) is 2.65. The fourth-order valence-corrected chi connectivity index (χ4v) is 1.03. The van der Waals surface area contributed by atoms with Crippen molar-refractivity contribution >= 4 is 23.4 Å². The summed E-state index contributed by atoms with van der Waals surface area (Å²) in [7, 11) is 0. The molecule has 0 aliphatic rings. The molecule has 0 saturated carbocycles. The number of Topliss-reactive ketones (excluding diaryl/α,β-unsaturated/α-hetero) is 1. The smallest absolute Gasteiger partial charge is 0.309 e. The van der Waals surface area contributed by atoms with Crippen LogP contribution >= 0.6 is 11.6 Å². The van der Waals surface area contributed by atoms with Crippen molar-refractivity contribution in [2.75, 3.05) is 0 Å². The van der Waals surface area contributed by atoms with Gasteiger partial charge >= 0.3 is 5.97 Å². The third kappa shape index (κ3) is 2.53. The second kappa shape index (κ2) is 4.19. The molecule has 0 aliphatic heterocycles. The maximum atomic E-state index is 10.9. The van der Waals surface area contributed by atoms with Crippen LogP contribution in [0.5, 0.6) is 5.88 Å². The van der Waals surface area contributed by atoms with Crippen molar-refractivity contribution in [2.45, 2.75) is 13.8 Å². The number of nitrogens with zero attached hydrogens (tertiary/aromatic N) is 1. The van der Waals surface area contributed by atoms with E-state index < -0.39 is 5.97 Å². The first-order chi connectivity index (χ1) is 6.50. The molecule has 74 valence electrons. The molecule has 0 amide bonds. The van der Waals surface area contributed by atoms with Gasteiger partial charge in [-0.1, -0.05) is 11.6 Å². The van der Waals surface area contributed by atoms with Gasteiger partial charge in [0.25, 0.3) is 0 Å². The highest BCUT2D eigenvalue weighted by atomic mass is 35.5. The predicted molar refractivity (Wildman–Crippen MR) is 50.6 cm³/mol. The summed E-state index contributed by atoms with van der Waals surface area (Å²) in [5.74, 6) is -0.632. The summed E-state index contributed by atoms with van der Waals surface area (Å²) < 4.78 is 4.69. The van der Waals surface area contributed by atoms with Gasteiger partial charge in [-0.3, -0.25) is 9.59 Å². The molecule has 1 aromatic rings. The Hall–Kier alpha value is -1.42. The molecular weight excluding hydrogens is 206 g/mol. The molecule has 0 aromatic carbocycles. The van der Waals surface area contributed by atoms with Crippen molar-refractivity contribution in [1.29, 1.82) is 0 Å². The average molecular weight is 214 g/mol. The number of hydrogen-bond acceptors (Lipinski definition) is 4. The zero-order valence-electron chi connectivity index (χ0n) is 7.70. The predicted octanol–water partition coefficient (Wildman–Crippen LogP) is 1.86. The molecule has 0 saturated heterocycles. The Morgan fingerprint density at radius 3 is 2.50 bits per heavy atom. The number of aromatic nitrogens is 1. The number of halogens is 1. The molecule has 1 rings (SSSR count). The van der Waals surface area contributed by atoms with Crippen LogP contribution in [0.2, 0.25) is 5.02 Å². The fraction of sp³-hybridized carbons (Fsp3) is 0.222. The Morgan fingerprint density at radius 2 is 2.07 bits per heavy atom. The zero-order chi connectivity index (χ0) is 10.7. The quantitative estimate of drug-likeness (QED) is 0.556. The third-order valence-corrected chi connectivity index (χ3v) is 1.73. The van der Waals surface area contributed by atoms with Gasteiger partial charge in [0, 0.05) is 18.7 Å². The lowest BCUT2D eigenvalue weighted by Gasteiger charge is -2.02. The van der Waals surface area contributed by atoms with Crippen LogP contribution in [-0.4, -0.2) is 16.7 Å². The molecule has 4 nitrogen and oxygen atoms in total. The van der Waals surface area contributed by atoms with Gasteiger partial charge in [0.1, 0.15) is 5.02 Å². The summed E-state index contributed by atoms with van der Waals surface area (Å²) in [4.78, 5) is 25.3. The maximum absolute atomic E-state index is 10.9. The van der Waals surface area contributed by atoms with Gasteiger partial charge < -0.3 is 4.74 Å². The van der Waals surface area contributed by atoms with Crippen molar-refractivity contribution < 1.29 is 14.3 Å². The first-order valence-corrected chi connectivity index (χ1v) is 4.23. The van der Waals surface area contributed by atoms with E-state index in [9.17, 15) is 9.59 Å². The first kappa shape index (κ1) is 10.7. The minimum Gasteiger partial charge on any atom is -0.406 e. The Labute approximate surface area is 85.9 Å². The van der Waals surface area contributed by atoms with Gasteiger partial charge in [0.2, 0.25) is 5.88 Å². The van der Waals surface area contributed by atoms with Crippen LogP contribution in [0.4, 0.5) is 0 Å². The molecule has 0 unspecified atom stereocenters. The molecule has 0 aliphatic carbocycles. The highest BCUT2D eigenvalue weighted by Crippen LogP contribution is 2.22. The third-order valence-electron chi connectivity index (χ3n) is 1.45. The Balaban J connectivity index is 3.01. The van der Waals surface area contributed by atoms with Gasteiger partial charge in [-0.05, 0) is 13.0 Å². The van der Waals surface area contributed by atoms with Gasteiger partial charge in [-0.15, -0.1) is 0 Å². The van der Waals surface area contributed by atoms with Gasteiger partial charge in [0.05, 0.1) is 0 Å². The largest absolute Gasteiger partial charge is 0.406 e. The molecule has 5 heteroatoms. The standard InChI is InChI=1S/C9H8ClNO3/c1-5(12)7-3-8(10)9(11-4-7)14-6(2)13/h3-4H,1-2H3. The Bertz CT molecular complexity index is 390. The summed E-state index contributed by atoms with van der Waals surface area (Å²) in [5.41, 5.74) is 0.380. The highest BCUT2D eigenvalue weighted by molar-refractivity contribution is 6.32. The maximum Gasteiger partial charge on any atom is 0.309 e. The van der Waals surface area contributed by atoms with Crippen LogP contribution in [0.25, 0.3) is 0 Å². The molecule has 0 bridgehead atoms. The van der Waals surface area contributed by atoms with E-state index in [0.717, 1.165) is 0 Å². The van der Waals surface area contributed by atoms with Gasteiger partial charge in [-0.2, -0.15) is 0 Å². The SMILES string of the molecule is CC(=O)Oc1ncc(C(C)=O)cc1Cl. The molecule has 0 spiro atoms. The van der Waals surface area contributed by atoms with Crippen LogP contribution in [0.3, 0.4) is 0 Å². The van der Waals surface area contributed by atoms with Crippen LogP contribution in [0, 0.1) is 0 Å². The topological polar surface area (TPSA) is 56.3 Å². The van der Waals surface area contributed by atoms with E-state index in [1.54, 1.807) is 0 Å². The van der Waals surface area contributed by atoms with E-state index in [2.05, 4.69) is 9.72 Å². The fourth-order valence-electron chi connectivity index (χ4n) is 0.829. The van der Waals surface area contributed by atoms with E-state index >= 15 is 0 Å². The van der Waals surface area contributed by atoms with Crippen LogP contribution in [-0.2, 0) is 4.79 Å². The Morgan fingerprint density at radius 1 is 1.43 bits per heavy atom. The number of ketones is 1. The number of carbonyl (C=O) groups is 2. The lowest BCUT2D eigenvalue weighted by molar-refractivity contribution is -0.132. The summed E-state index contributed by atoms with van der Waals surface area (Å²) in [6.07, 6.45) is 1.31. The second-order valence-corrected chi connectivity index (χ2v) is 3.07. The number of ether oxygens (including phenoxy) is 1. The number of pyridine rings is 1. The number of carbonyl (C=O) groups excluding carboxylic acids is 2. The summed E-state index contributed by atoms with van der Waals surface area (Å²) in [5, 5.41) is 0.146. The Kier molecular flexibility index (Phi) is 3.19.